The van der Waals surface area contributed by atoms with E-state index in [1.165, 1.54) is 60.3 Å². The molecule has 4 nitrogen and oxygen atoms in total. The lowest BCUT2D eigenvalue weighted by Crippen LogP contribution is -2.56. The summed E-state index contributed by atoms with van der Waals surface area (Å²) in [5.74, 6) is 1.92. The van der Waals surface area contributed by atoms with Crippen LogP contribution < -0.4 is 38.2 Å². The fraction of sp³-hybridized carbons (Fsp3) is 0. The molecule has 8 aromatic carbocycles. The highest BCUT2D eigenvalue weighted by Crippen LogP contribution is 2.43. The summed E-state index contributed by atoms with van der Waals surface area (Å²) in [5.41, 5.74) is 18.7. The predicted octanol–water partition coefficient (Wildman–Crippen LogP) is 0.221. The average Bonchev–Trinajstić information content (AvgIpc) is 3.67. The molecule has 11 heteroatoms. The number of benzene rings is 8. The van der Waals surface area contributed by atoms with Crippen molar-refractivity contribution in [3.63, 3.8) is 0 Å². The minimum Gasteiger partial charge on any atom is -0.456 e. The van der Waals surface area contributed by atoms with Crippen LogP contribution in [-0.4, -0.2) is 69.9 Å². The molecule has 10 aromatic rings. The molecule has 0 saturated carbocycles. The van der Waals surface area contributed by atoms with Gasteiger partial charge in [0.2, 0.25) is 0 Å². The van der Waals surface area contributed by atoms with Crippen molar-refractivity contribution in [3.8, 4) is 56.4 Å². The summed E-state index contributed by atoms with van der Waals surface area (Å²) in [7, 11) is 15.9. The molecule has 2 aromatic heterocycles. The minimum atomic E-state index is 0.638. The molecule has 0 aliphatic rings. The number of furan rings is 1. The van der Waals surface area contributed by atoms with Crippen LogP contribution in [0.1, 0.15) is 0 Å². The van der Waals surface area contributed by atoms with Gasteiger partial charge in [-0.05, 0) is 56.0 Å². The Morgan fingerprint density at radius 1 is 0.328 bits per heavy atom. The van der Waals surface area contributed by atoms with Crippen LogP contribution in [0.4, 0.5) is 0 Å². The molecular weight excluding hydrogens is 698 g/mol. The highest BCUT2D eigenvalue weighted by molar-refractivity contribution is 6.69. The van der Waals surface area contributed by atoms with Crippen LogP contribution in [0.25, 0.3) is 99.9 Å². The van der Waals surface area contributed by atoms with Gasteiger partial charge in [-0.2, -0.15) is 0 Å². The van der Waals surface area contributed by atoms with Gasteiger partial charge in [-0.3, -0.25) is 0 Å². The minimum absolute atomic E-state index is 0.638. The number of hydrogen-bond acceptors (Lipinski definition) is 4. The third-order valence-electron chi connectivity index (χ3n) is 12.7. The first-order chi connectivity index (χ1) is 28.2. The van der Waals surface area contributed by atoms with E-state index in [2.05, 4.69) is 152 Å². The summed E-state index contributed by atoms with van der Waals surface area (Å²) in [4.78, 5) is 15.3. The summed E-state index contributed by atoms with van der Waals surface area (Å²) >= 11 is 0. The van der Waals surface area contributed by atoms with Gasteiger partial charge < -0.3 is 4.42 Å². The summed E-state index contributed by atoms with van der Waals surface area (Å²) in [5, 5.41) is 6.75. The zero-order valence-electron chi connectivity index (χ0n) is 34.0. The molecule has 2 heterocycles. The normalized spacial score (nSPS) is 11.6. The van der Waals surface area contributed by atoms with Crippen molar-refractivity contribution >= 4 is 137 Å². The van der Waals surface area contributed by atoms with Crippen molar-refractivity contribution in [1.29, 1.82) is 0 Å². The zero-order valence-corrected chi connectivity index (χ0v) is 34.0. The molecule has 0 bridgehead atoms. The average molecular weight is 735 g/mol. The molecule has 0 radical (unpaired) electrons. The van der Waals surface area contributed by atoms with E-state index in [4.69, 9.17) is 19.4 Å². The van der Waals surface area contributed by atoms with Crippen molar-refractivity contribution < 1.29 is 4.42 Å². The monoisotopic (exact) mass is 735 g/mol. The molecule has 0 aliphatic carbocycles. The van der Waals surface area contributed by atoms with Crippen LogP contribution in [0.3, 0.4) is 0 Å². The van der Waals surface area contributed by atoms with Gasteiger partial charge in [0.1, 0.15) is 66.1 Å². The van der Waals surface area contributed by atoms with E-state index in [1.807, 2.05) is 36.4 Å². The highest BCUT2D eigenvalue weighted by atomic mass is 16.3. The Hall–Kier alpha value is -6.46. The maximum Gasteiger partial charge on any atom is 0.164 e. The summed E-state index contributed by atoms with van der Waals surface area (Å²) in [6.45, 7) is 0. The quantitative estimate of drug-likeness (QED) is 0.238. The topological polar surface area (TPSA) is 51.8 Å². The van der Waals surface area contributed by atoms with E-state index in [9.17, 15) is 0 Å². The van der Waals surface area contributed by atoms with Crippen molar-refractivity contribution in [2.24, 2.45) is 0 Å². The zero-order chi connectivity index (χ0) is 39.8. The lowest BCUT2D eigenvalue weighted by molar-refractivity contribution is 0.675. The summed E-state index contributed by atoms with van der Waals surface area (Å²) in [6.07, 6.45) is 0. The second-order valence-electron chi connectivity index (χ2n) is 15.7. The second kappa shape index (κ2) is 13.9. The number of rotatable bonds is 5. The first-order valence-corrected chi connectivity index (χ1v) is 20.0. The number of aromatic nitrogens is 3. The molecule has 266 valence electrons. The number of fused-ring (bicyclic) bond motifs is 6. The van der Waals surface area contributed by atoms with Gasteiger partial charge in [-0.25, -0.2) is 15.0 Å². The molecule has 10 rings (SSSR count). The summed E-state index contributed by atoms with van der Waals surface area (Å²) in [6, 6.07) is 46.5. The van der Waals surface area contributed by atoms with Crippen LogP contribution >= 0.6 is 0 Å². The Balaban J connectivity index is 1.31. The largest absolute Gasteiger partial charge is 0.456 e. The molecule has 0 aliphatic heterocycles. The van der Waals surface area contributed by atoms with Crippen molar-refractivity contribution in [2.45, 2.75) is 0 Å². The highest BCUT2D eigenvalue weighted by Gasteiger charge is 2.27. The van der Waals surface area contributed by atoms with Gasteiger partial charge in [0, 0.05) is 32.8 Å². The SMILES string of the molecule is Bc1c(B)c(B)c(-c2c(B)c(-c3ccc(-c4nc(-c5ccccc5)nc(-c5ccccc5)n4)c4ccccc34)c3c(oc4c5ccccc5ccc43)c2B)c(B)c1B. The van der Waals surface area contributed by atoms with Gasteiger partial charge >= 0.3 is 0 Å². The van der Waals surface area contributed by atoms with E-state index in [1.54, 1.807) is 0 Å². The lowest BCUT2D eigenvalue weighted by Gasteiger charge is -2.25. The van der Waals surface area contributed by atoms with E-state index in [0.29, 0.717) is 17.5 Å². The van der Waals surface area contributed by atoms with Gasteiger partial charge in [0.05, 0.1) is 0 Å². The number of hydrogen-bond donors (Lipinski definition) is 0. The Kier molecular flexibility index (Phi) is 8.60. The molecule has 0 unspecified atom stereocenters. The standard InChI is InChI=1S/C47H36B7N3O/c48-36-32(33-31-20-19-23-11-7-8-16-26(23)43(31)58-44(33)39(51)34(36)35-37(49)40(52)42(54)41(53)38(35)50)29-21-22-30(28-18-10-9-17-27(28)29)47-56-45(24-12-3-1-4-13-24)55-46(57-47)25-14-5-2-6-15-25/h1-22H,48-54H2. The summed E-state index contributed by atoms with van der Waals surface area (Å²) < 4.78 is 7.13. The second-order valence-corrected chi connectivity index (χ2v) is 15.7. The molecule has 0 fully saturated rings. The fourth-order valence-corrected chi connectivity index (χ4v) is 9.27. The van der Waals surface area contributed by atoms with Crippen molar-refractivity contribution in [2.75, 3.05) is 0 Å². The Morgan fingerprint density at radius 3 is 1.43 bits per heavy atom. The molecule has 0 saturated heterocycles. The lowest BCUT2D eigenvalue weighted by atomic mass is 9.58. The molecule has 58 heavy (non-hydrogen) atoms. The molecular formula is C47H36B7N3O. The van der Waals surface area contributed by atoms with Crippen LogP contribution in [0.2, 0.25) is 0 Å². The first kappa shape index (κ1) is 35.9. The van der Waals surface area contributed by atoms with E-state index in [-0.39, 0.29) is 0 Å². The van der Waals surface area contributed by atoms with Crippen molar-refractivity contribution in [3.05, 3.63) is 133 Å². The fourth-order valence-electron chi connectivity index (χ4n) is 9.27. The van der Waals surface area contributed by atoms with Crippen molar-refractivity contribution in [1.82, 2.24) is 15.0 Å². The van der Waals surface area contributed by atoms with Crippen LogP contribution in [0, 0.1) is 0 Å². The number of nitrogens with zero attached hydrogens (tertiary/aromatic N) is 3. The maximum absolute atomic E-state index is 7.13. The van der Waals surface area contributed by atoms with E-state index in [0.717, 1.165) is 60.4 Å². The molecule has 0 spiro atoms. The maximum atomic E-state index is 7.13. The third-order valence-corrected chi connectivity index (χ3v) is 12.7. The van der Waals surface area contributed by atoms with Gasteiger partial charge in [0.15, 0.2) is 17.5 Å². The van der Waals surface area contributed by atoms with Crippen LogP contribution in [-0.2, 0) is 0 Å². The molecule has 0 amide bonds. The van der Waals surface area contributed by atoms with Gasteiger partial charge in [0.25, 0.3) is 0 Å². The Bertz CT molecular complexity index is 3230. The predicted molar refractivity (Wildman–Crippen MR) is 267 cm³/mol. The van der Waals surface area contributed by atoms with Gasteiger partial charge in [-0.1, -0.05) is 138 Å². The molecule has 0 N–H and O–H groups in total. The van der Waals surface area contributed by atoms with Crippen LogP contribution in [0.5, 0.6) is 0 Å². The Morgan fingerprint density at radius 2 is 0.810 bits per heavy atom. The first-order valence-electron chi connectivity index (χ1n) is 20.0. The van der Waals surface area contributed by atoms with Crippen LogP contribution in [0.15, 0.2) is 138 Å². The third kappa shape index (κ3) is 5.51. The van der Waals surface area contributed by atoms with E-state index < -0.39 is 0 Å². The van der Waals surface area contributed by atoms with Gasteiger partial charge in [-0.15, -0.1) is 16.4 Å². The van der Waals surface area contributed by atoms with E-state index >= 15 is 0 Å². The molecule has 0 atom stereocenters. The Labute approximate surface area is 344 Å². The smallest absolute Gasteiger partial charge is 0.164 e.